The van der Waals surface area contributed by atoms with Gasteiger partial charge in [0.2, 0.25) is 0 Å². The van der Waals surface area contributed by atoms with E-state index in [9.17, 15) is 0 Å². The monoisotopic (exact) mass is 224 g/mol. The molecule has 0 N–H and O–H groups in total. The number of rotatable bonds is 2. The van der Waals surface area contributed by atoms with Crippen molar-refractivity contribution in [3.63, 3.8) is 0 Å². The summed E-state index contributed by atoms with van der Waals surface area (Å²) in [5, 5.41) is 0. The molecular weight excluding hydrogens is 212 g/mol. The van der Waals surface area contributed by atoms with E-state index in [-0.39, 0.29) is 6.10 Å². The highest BCUT2D eigenvalue weighted by Gasteiger charge is 2.25. The first-order valence-electron chi connectivity index (χ1n) is 5.22. The van der Waals surface area contributed by atoms with Crippen molar-refractivity contribution in [1.29, 1.82) is 0 Å². The van der Waals surface area contributed by atoms with Crippen LogP contribution < -0.4 is 4.74 Å². The van der Waals surface area contributed by atoms with E-state index in [2.05, 4.69) is 11.8 Å². The fraction of sp³-hybridized carbons (Fsp3) is 0.200. The minimum Gasteiger partial charge on any atom is -0.497 e. The van der Waals surface area contributed by atoms with E-state index < -0.39 is 0 Å². The Labute approximate surface area is 101 Å². The van der Waals surface area contributed by atoms with Gasteiger partial charge in [0.05, 0.1) is 13.7 Å². The van der Waals surface area contributed by atoms with E-state index in [1.54, 1.807) is 7.11 Å². The van der Waals surface area contributed by atoms with Gasteiger partial charge in [-0.25, -0.2) is 0 Å². The Balaban J connectivity index is 2.33. The van der Waals surface area contributed by atoms with Crippen LogP contribution >= 0.6 is 0 Å². The normalized spacial score (nSPS) is 18.6. The van der Waals surface area contributed by atoms with Crippen LogP contribution in [0.15, 0.2) is 35.4 Å². The molecule has 0 saturated carbocycles. The Morgan fingerprint density at radius 2 is 1.94 bits per heavy atom. The van der Waals surface area contributed by atoms with Crippen LogP contribution in [-0.4, -0.2) is 13.7 Å². The third-order valence-corrected chi connectivity index (χ3v) is 2.73. The molecule has 0 aliphatic carbocycles. The lowest BCUT2D eigenvalue weighted by atomic mass is 10.00. The van der Waals surface area contributed by atoms with Gasteiger partial charge in [-0.1, -0.05) is 24.0 Å². The summed E-state index contributed by atoms with van der Waals surface area (Å²) in [5.74, 6) is 6.00. The molecule has 2 nitrogen and oxygen atoms in total. The molecule has 0 amide bonds. The molecule has 1 unspecified atom stereocenters. The predicted molar refractivity (Wildman–Crippen MR) is 66.4 cm³/mol. The molecule has 0 bridgehead atoms. The summed E-state index contributed by atoms with van der Waals surface area (Å²) in [7, 11) is 1.63. The SMILES string of the molecule is C#CC1=C(C#C)C(c2ccc(OC)cc2)OC1. The van der Waals surface area contributed by atoms with Crippen LogP contribution in [0.2, 0.25) is 0 Å². The van der Waals surface area contributed by atoms with Crippen LogP contribution in [0.5, 0.6) is 5.75 Å². The van der Waals surface area contributed by atoms with Crippen molar-refractivity contribution in [3.05, 3.63) is 41.0 Å². The second kappa shape index (κ2) is 4.78. The van der Waals surface area contributed by atoms with Gasteiger partial charge in [-0.05, 0) is 17.7 Å². The molecule has 0 saturated heterocycles. The standard InChI is InChI=1S/C15H12O2/c1-4-11-10-17-15(14(11)5-2)12-6-8-13(16-3)9-7-12/h1-2,6-9,15H,10H2,3H3. The number of ether oxygens (including phenoxy) is 2. The third kappa shape index (κ3) is 2.04. The van der Waals surface area contributed by atoms with Crippen LogP contribution in [0.3, 0.4) is 0 Å². The number of hydrogen-bond acceptors (Lipinski definition) is 2. The zero-order chi connectivity index (χ0) is 12.3. The van der Waals surface area contributed by atoms with Crippen molar-refractivity contribution in [2.45, 2.75) is 6.10 Å². The van der Waals surface area contributed by atoms with Gasteiger partial charge in [0, 0.05) is 11.1 Å². The Kier molecular flexibility index (Phi) is 3.19. The van der Waals surface area contributed by atoms with Crippen LogP contribution in [0.4, 0.5) is 0 Å². The summed E-state index contributed by atoms with van der Waals surface area (Å²) in [6.07, 6.45) is 10.6. The average molecular weight is 224 g/mol. The van der Waals surface area contributed by atoms with Gasteiger partial charge >= 0.3 is 0 Å². The van der Waals surface area contributed by atoms with E-state index in [0.717, 1.165) is 22.5 Å². The maximum absolute atomic E-state index is 5.62. The van der Waals surface area contributed by atoms with Crippen LogP contribution in [-0.2, 0) is 4.74 Å². The fourth-order valence-electron chi connectivity index (χ4n) is 1.81. The largest absolute Gasteiger partial charge is 0.497 e. The van der Waals surface area contributed by atoms with Gasteiger partial charge in [-0.2, -0.15) is 0 Å². The zero-order valence-corrected chi connectivity index (χ0v) is 9.57. The first kappa shape index (κ1) is 11.3. The van der Waals surface area contributed by atoms with Crippen molar-refractivity contribution in [3.8, 4) is 30.4 Å². The molecule has 1 aliphatic heterocycles. The first-order valence-corrected chi connectivity index (χ1v) is 5.22. The molecule has 84 valence electrons. The third-order valence-electron chi connectivity index (χ3n) is 2.73. The molecule has 0 spiro atoms. The topological polar surface area (TPSA) is 18.5 Å². The van der Waals surface area contributed by atoms with Gasteiger partial charge in [-0.15, -0.1) is 12.8 Å². The Morgan fingerprint density at radius 1 is 1.24 bits per heavy atom. The molecule has 0 radical (unpaired) electrons. The molecule has 2 heteroatoms. The van der Waals surface area contributed by atoms with Gasteiger partial charge in [-0.3, -0.25) is 0 Å². The highest BCUT2D eigenvalue weighted by molar-refractivity contribution is 5.49. The molecule has 17 heavy (non-hydrogen) atoms. The minimum absolute atomic E-state index is 0.225. The van der Waals surface area contributed by atoms with Crippen molar-refractivity contribution in [1.82, 2.24) is 0 Å². The second-order valence-electron chi connectivity index (χ2n) is 3.65. The van der Waals surface area contributed by atoms with Crippen molar-refractivity contribution in [2.75, 3.05) is 13.7 Å². The van der Waals surface area contributed by atoms with Gasteiger partial charge in [0.15, 0.2) is 0 Å². The lowest BCUT2D eigenvalue weighted by Crippen LogP contribution is -1.99. The average Bonchev–Trinajstić information content (AvgIpc) is 2.81. The lowest BCUT2D eigenvalue weighted by molar-refractivity contribution is 0.124. The predicted octanol–water partition coefficient (Wildman–Crippen LogP) is 2.33. The zero-order valence-electron chi connectivity index (χ0n) is 9.57. The highest BCUT2D eigenvalue weighted by atomic mass is 16.5. The summed E-state index contributed by atoms with van der Waals surface area (Å²) in [4.78, 5) is 0. The number of terminal acetylenes is 2. The van der Waals surface area contributed by atoms with Gasteiger partial charge in [0.25, 0.3) is 0 Å². The van der Waals surface area contributed by atoms with E-state index in [1.165, 1.54) is 0 Å². The fourth-order valence-corrected chi connectivity index (χ4v) is 1.81. The number of benzene rings is 1. The van der Waals surface area contributed by atoms with Crippen molar-refractivity contribution >= 4 is 0 Å². The quantitative estimate of drug-likeness (QED) is 0.718. The molecule has 0 fully saturated rings. The first-order chi connectivity index (χ1) is 8.30. The van der Waals surface area contributed by atoms with Gasteiger partial charge < -0.3 is 9.47 Å². The Bertz CT molecular complexity index is 524. The van der Waals surface area contributed by atoms with E-state index in [4.69, 9.17) is 22.3 Å². The van der Waals surface area contributed by atoms with Gasteiger partial charge in [0.1, 0.15) is 11.9 Å². The molecule has 2 rings (SSSR count). The van der Waals surface area contributed by atoms with Crippen LogP contribution in [0, 0.1) is 24.7 Å². The minimum atomic E-state index is -0.225. The molecule has 0 aromatic heterocycles. The number of methoxy groups -OCH3 is 1. The summed E-state index contributed by atoms with van der Waals surface area (Å²) in [6, 6.07) is 7.61. The molecular formula is C15H12O2. The highest BCUT2D eigenvalue weighted by Crippen LogP contribution is 2.34. The van der Waals surface area contributed by atoms with E-state index >= 15 is 0 Å². The lowest BCUT2D eigenvalue weighted by Gasteiger charge is -2.11. The smallest absolute Gasteiger partial charge is 0.118 e. The second-order valence-corrected chi connectivity index (χ2v) is 3.65. The molecule has 1 aromatic carbocycles. The maximum Gasteiger partial charge on any atom is 0.118 e. The van der Waals surface area contributed by atoms with E-state index in [1.807, 2.05) is 24.3 Å². The number of hydrogen-bond donors (Lipinski definition) is 0. The van der Waals surface area contributed by atoms with Crippen molar-refractivity contribution < 1.29 is 9.47 Å². The molecule has 1 atom stereocenters. The van der Waals surface area contributed by atoms with E-state index in [0.29, 0.717) is 6.61 Å². The Morgan fingerprint density at radius 3 is 2.47 bits per heavy atom. The maximum atomic E-state index is 5.62. The van der Waals surface area contributed by atoms with Crippen LogP contribution in [0.1, 0.15) is 11.7 Å². The molecule has 1 aromatic rings. The van der Waals surface area contributed by atoms with Crippen molar-refractivity contribution in [2.24, 2.45) is 0 Å². The summed E-state index contributed by atoms with van der Waals surface area (Å²) >= 11 is 0. The molecule has 1 aliphatic rings. The Hall–Kier alpha value is -2.16. The molecule has 1 heterocycles. The summed E-state index contributed by atoms with van der Waals surface area (Å²) in [6.45, 7) is 0.409. The summed E-state index contributed by atoms with van der Waals surface area (Å²) in [5.41, 5.74) is 2.50. The van der Waals surface area contributed by atoms with Crippen LogP contribution in [0.25, 0.3) is 0 Å². The summed E-state index contributed by atoms with van der Waals surface area (Å²) < 4.78 is 10.7.